The van der Waals surface area contributed by atoms with E-state index < -0.39 is 56.1 Å². The molecule has 0 aliphatic carbocycles. The number of likely N-dealkylation sites (tertiary alicyclic amines) is 1. The summed E-state index contributed by atoms with van der Waals surface area (Å²) in [4.78, 5) is 19.1. The number of aromatic nitrogens is 2. The summed E-state index contributed by atoms with van der Waals surface area (Å²) in [6.45, 7) is 2.57. The van der Waals surface area contributed by atoms with E-state index in [0.717, 1.165) is 12.1 Å². The smallest absolute Gasteiger partial charge is 0.475 e. The quantitative estimate of drug-likeness (QED) is 0.334. The predicted octanol–water partition coefficient (Wildman–Crippen LogP) is 5.46. The molecule has 0 radical (unpaired) electrons. The number of carboxylic acid groups (broad SMARTS) is 1. The summed E-state index contributed by atoms with van der Waals surface area (Å²) >= 11 is 1.18. The number of rotatable bonds is 7. The Kier molecular flexibility index (Phi) is 10.4. The molecule has 8 nitrogen and oxygen atoms in total. The van der Waals surface area contributed by atoms with Crippen LogP contribution in [-0.2, 0) is 33.1 Å². The maximum atomic E-state index is 15.2. The minimum absolute atomic E-state index is 0.00579. The third-order valence-electron chi connectivity index (χ3n) is 6.43. The van der Waals surface area contributed by atoms with Crippen LogP contribution in [0.4, 0.5) is 40.8 Å². The Morgan fingerprint density at radius 2 is 1.81 bits per heavy atom. The molecule has 1 aliphatic rings. The number of anilines is 1. The summed E-state index contributed by atoms with van der Waals surface area (Å²) in [7, 11) is -2.65. The first-order valence-electron chi connectivity index (χ1n) is 12.2. The molecule has 1 aromatic carbocycles. The second kappa shape index (κ2) is 13.1. The van der Waals surface area contributed by atoms with E-state index >= 15 is 4.39 Å². The molecule has 4 rings (SSSR count). The van der Waals surface area contributed by atoms with Gasteiger partial charge in [-0.1, -0.05) is 6.07 Å². The maximum Gasteiger partial charge on any atom is 0.490 e. The van der Waals surface area contributed by atoms with E-state index in [4.69, 9.17) is 9.90 Å². The highest BCUT2D eigenvalue weighted by molar-refractivity contribution is 7.90. The highest BCUT2D eigenvalue weighted by atomic mass is 32.2. The van der Waals surface area contributed by atoms with Crippen molar-refractivity contribution in [3.63, 3.8) is 0 Å². The Labute approximate surface area is 244 Å². The molecular formula is C25H24F8N4O4S2. The van der Waals surface area contributed by atoms with Crippen LogP contribution in [0.2, 0.25) is 0 Å². The van der Waals surface area contributed by atoms with Crippen LogP contribution in [0.5, 0.6) is 0 Å². The van der Waals surface area contributed by atoms with Crippen molar-refractivity contribution in [2.24, 2.45) is 0 Å². The van der Waals surface area contributed by atoms with E-state index in [1.165, 1.54) is 41.3 Å². The average molecular weight is 661 g/mol. The van der Waals surface area contributed by atoms with Gasteiger partial charge in [-0.25, -0.2) is 32.0 Å². The van der Waals surface area contributed by atoms with Gasteiger partial charge in [0, 0.05) is 49.4 Å². The Bertz CT molecular complexity index is 1550. The number of hydrogen-bond acceptors (Lipinski definition) is 8. The minimum atomic E-state index is -5.08. The summed E-state index contributed by atoms with van der Waals surface area (Å²) in [6.07, 6.45) is -9.02. The van der Waals surface area contributed by atoms with Gasteiger partial charge in [-0.3, -0.25) is 4.90 Å². The highest BCUT2D eigenvalue weighted by Crippen LogP contribution is 2.34. The number of carboxylic acids is 1. The van der Waals surface area contributed by atoms with Gasteiger partial charge in [-0.05, 0) is 31.5 Å². The molecule has 2 aromatic heterocycles. The lowest BCUT2D eigenvalue weighted by Crippen LogP contribution is -2.35. The summed E-state index contributed by atoms with van der Waals surface area (Å²) < 4.78 is 126. The number of carbonyl (C=O) groups is 1. The molecule has 3 heterocycles. The van der Waals surface area contributed by atoms with Gasteiger partial charge in [0.05, 0.1) is 22.7 Å². The number of sulfone groups is 1. The Balaban J connectivity index is 0.000000646. The molecule has 43 heavy (non-hydrogen) atoms. The fourth-order valence-electron chi connectivity index (χ4n) is 4.33. The lowest BCUT2D eigenvalue weighted by molar-refractivity contribution is -0.192. The van der Waals surface area contributed by atoms with Crippen LogP contribution in [0.1, 0.15) is 29.1 Å². The van der Waals surface area contributed by atoms with Crippen LogP contribution in [0.15, 0.2) is 40.1 Å². The zero-order chi connectivity index (χ0) is 32.3. The molecule has 0 amide bonds. The second-order valence-electron chi connectivity index (χ2n) is 9.49. The molecular weight excluding hydrogens is 636 g/mol. The van der Waals surface area contributed by atoms with Crippen LogP contribution in [0.25, 0.3) is 0 Å². The number of halogens is 8. The molecule has 1 N–H and O–H groups in total. The van der Waals surface area contributed by atoms with E-state index in [0.29, 0.717) is 19.5 Å². The summed E-state index contributed by atoms with van der Waals surface area (Å²) in [6, 6.07) is 4.57. The highest BCUT2D eigenvalue weighted by Gasteiger charge is 2.38. The van der Waals surface area contributed by atoms with E-state index in [1.54, 1.807) is 11.9 Å². The van der Waals surface area contributed by atoms with Gasteiger partial charge in [0.25, 0.3) is 0 Å². The van der Waals surface area contributed by atoms with Gasteiger partial charge in [0.1, 0.15) is 22.2 Å². The fraction of sp³-hybridized carbons (Fsp3) is 0.400. The van der Waals surface area contributed by atoms with Gasteiger partial charge >= 0.3 is 18.3 Å². The van der Waals surface area contributed by atoms with E-state index in [1.807, 2.05) is 4.90 Å². The normalized spacial score (nSPS) is 16.1. The number of nitrogens with zero attached hydrogens (tertiary/aromatic N) is 4. The molecule has 18 heteroatoms. The monoisotopic (exact) mass is 660 g/mol. The van der Waals surface area contributed by atoms with Crippen LogP contribution >= 0.6 is 11.3 Å². The number of pyridine rings is 1. The van der Waals surface area contributed by atoms with Gasteiger partial charge in [0.2, 0.25) is 0 Å². The number of likely N-dealkylation sites (N-methyl/N-ethyl adjacent to an activating group) is 1. The lowest BCUT2D eigenvalue weighted by Gasteiger charge is -2.29. The van der Waals surface area contributed by atoms with E-state index in [-0.39, 0.29) is 35.2 Å². The van der Waals surface area contributed by atoms with Crippen LogP contribution < -0.4 is 4.90 Å². The van der Waals surface area contributed by atoms with Crippen molar-refractivity contribution in [2.45, 2.75) is 48.9 Å². The average Bonchev–Trinajstić information content (AvgIpc) is 3.57. The Morgan fingerprint density at radius 1 is 1.16 bits per heavy atom. The maximum absolute atomic E-state index is 15.2. The summed E-state index contributed by atoms with van der Waals surface area (Å²) in [5.41, 5.74) is 1.17. The first kappa shape index (κ1) is 34.1. The van der Waals surface area contributed by atoms with Gasteiger partial charge in [0.15, 0.2) is 9.84 Å². The number of benzene rings is 1. The van der Waals surface area contributed by atoms with Crippen molar-refractivity contribution >= 4 is 32.8 Å². The van der Waals surface area contributed by atoms with Crippen molar-refractivity contribution < 1.29 is 53.4 Å². The lowest BCUT2D eigenvalue weighted by atomic mass is 10.1. The van der Waals surface area contributed by atoms with Crippen molar-refractivity contribution in [3.8, 4) is 0 Å². The third-order valence-corrected chi connectivity index (χ3v) is 8.73. The number of aliphatic carboxylic acids is 1. The molecule has 0 saturated carbocycles. The molecule has 236 valence electrons. The minimum Gasteiger partial charge on any atom is -0.475 e. The molecule has 0 unspecified atom stereocenters. The van der Waals surface area contributed by atoms with Crippen molar-refractivity contribution in [3.05, 3.63) is 69.4 Å². The molecule has 1 saturated heterocycles. The first-order chi connectivity index (χ1) is 19.8. The predicted molar refractivity (Wildman–Crippen MR) is 139 cm³/mol. The summed E-state index contributed by atoms with van der Waals surface area (Å²) in [5, 5.41) is 8.63. The zero-order valence-electron chi connectivity index (χ0n) is 22.4. The SMILES string of the molecule is Cc1c(N(C)[C@H]2CCN(Cc3cccc(C(F)(F)F)n3)C2)cc(F)c(S(=O)(=O)Cc2cscn2)c1F.O=C(O)C(F)(F)F. The Morgan fingerprint density at radius 3 is 2.37 bits per heavy atom. The van der Waals surface area contributed by atoms with Gasteiger partial charge in [-0.15, -0.1) is 11.3 Å². The zero-order valence-corrected chi connectivity index (χ0v) is 24.0. The van der Waals surface area contributed by atoms with E-state index in [2.05, 4.69) is 9.97 Å². The topological polar surface area (TPSA) is 104 Å². The number of alkyl halides is 6. The van der Waals surface area contributed by atoms with Crippen LogP contribution in [0.3, 0.4) is 0 Å². The Hall–Kier alpha value is -3.38. The van der Waals surface area contributed by atoms with Crippen molar-refractivity contribution in [1.82, 2.24) is 14.9 Å². The molecule has 0 spiro atoms. The number of hydrogen-bond donors (Lipinski definition) is 1. The third kappa shape index (κ3) is 8.60. The number of thiazole rings is 1. The van der Waals surface area contributed by atoms with E-state index in [9.17, 15) is 39.2 Å². The molecule has 1 aliphatic heterocycles. The fourth-order valence-corrected chi connectivity index (χ4v) is 6.47. The molecule has 3 aromatic rings. The van der Waals surface area contributed by atoms with Gasteiger partial charge < -0.3 is 10.0 Å². The summed E-state index contributed by atoms with van der Waals surface area (Å²) in [5.74, 6) is -5.69. The van der Waals surface area contributed by atoms with Crippen LogP contribution in [-0.4, -0.2) is 66.7 Å². The molecule has 1 atom stereocenters. The standard InChI is InChI=1S/C23H23F5N4O2S2.C2HF3O2/c1-14-19(8-18(24)22(21(14)25)36(33,34)12-16-11-35-13-29-16)31(2)17-6-7-32(10-17)9-15-4-3-5-20(30-15)23(26,27)28;3-2(4,5)1(6)7/h3-5,8,11,13,17H,6-7,9-10,12H2,1-2H3;(H,6,7)/t17-;/m0./s1. The first-order valence-corrected chi connectivity index (χ1v) is 14.8. The molecule has 1 fully saturated rings. The van der Waals surface area contributed by atoms with Crippen molar-refractivity contribution in [1.29, 1.82) is 0 Å². The van der Waals surface area contributed by atoms with Gasteiger partial charge in [-0.2, -0.15) is 26.3 Å². The molecule has 0 bridgehead atoms. The second-order valence-corrected chi connectivity index (χ2v) is 12.1. The van der Waals surface area contributed by atoms with Crippen LogP contribution in [0, 0.1) is 18.6 Å². The largest absolute Gasteiger partial charge is 0.490 e. The van der Waals surface area contributed by atoms with Crippen molar-refractivity contribution in [2.75, 3.05) is 25.0 Å².